The molecule has 0 amide bonds. The summed E-state index contributed by atoms with van der Waals surface area (Å²) in [6.45, 7) is 0. The predicted molar refractivity (Wildman–Crippen MR) is 208 cm³/mol. The quantitative estimate of drug-likeness (QED) is 0.174. The van der Waals surface area contributed by atoms with Gasteiger partial charge >= 0.3 is 0 Å². The third-order valence-corrected chi connectivity index (χ3v) is 11.4. The number of para-hydroxylation sites is 1. The van der Waals surface area contributed by atoms with Crippen molar-refractivity contribution in [3.05, 3.63) is 158 Å². The number of hydrogen-bond donors (Lipinski definition) is 0. The number of benzene rings is 9. The molecule has 2 heterocycles. The second-order valence-corrected chi connectivity index (χ2v) is 13.8. The van der Waals surface area contributed by atoms with Crippen LogP contribution in [0.3, 0.4) is 0 Å². The highest BCUT2D eigenvalue weighted by atomic mass is 32.1. The van der Waals surface area contributed by atoms with Gasteiger partial charge in [-0.2, -0.15) is 0 Å². The molecule has 0 fully saturated rings. The fourth-order valence-electron chi connectivity index (χ4n) is 8.24. The molecule has 0 atom stereocenters. The van der Waals surface area contributed by atoms with E-state index in [4.69, 9.17) is 4.42 Å². The Morgan fingerprint density at radius 3 is 1.62 bits per heavy atom. The Hall–Kier alpha value is -5.96. The highest BCUT2D eigenvalue weighted by Crippen LogP contribution is 2.52. The Morgan fingerprint density at radius 2 is 0.917 bits per heavy atom. The van der Waals surface area contributed by atoms with Crippen molar-refractivity contribution in [2.75, 3.05) is 0 Å². The monoisotopic (exact) mass is 626 g/mol. The van der Waals surface area contributed by atoms with E-state index in [1.165, 1.54) is 90.9 Å². The maximum absolute atomic E-state index is 6.85. The van der Waals surface area contributed by atoms with Crippen molar-refractivity contribution in [2.45, 2.75) is 0 Å². The molecule has 2 heteroatoms. The minimum atomic E-state index is 0.921. The fourth-order valence-corrected chi connectivity index (χ4v) is 9.42. The lowest BCUT2D eigenvalue weighted by atomic mass is 9.83. The summed E-state index contributed by atoms with van der Waals surface area (Å²) in [5.41, 5.74) is 6.90. The van der Waals surface area contributed by atoms with Gasteiger partial charge in [0.15, 0.2) is 5.58 Å². The minimum absolute atomic E-state index is 0.921. The second kappa shape index (κ2) is 9.78. The van der Waals surface area contributed by atoms with Crippen molar-refractivity contribution in [3.8, 4) is 22.3 Å². The molecule has 0 radical (unpaired) electrons. The van der Waals surface area contributed by atoms with Crippen molar-refractivity contribution in [1.29, 1.82) is 0 Å². The molecular formula is C46H26OS. The average molecular weight is 627 g/mol. The molecule has 9 aromatic carbocycles. The van der Waals surface area contributed by atoms with Gasteiger partial charge in [-0.05, 0) is 83.5 Å². The number of rotatable bonds is 2. The standard InChI is InChI=1S/C46H26OS/c1-3-15-29-27(12-1)14-11-22-31(29)41-32-17-5-7-19-34(32)42(35-20-8-6-18-33(35)41)37-26-38-43-30-16-4-2-13-28(30)24-25-40(43)48-46(38)45-44(37)36-21-9-10-23-39(36)47-45/h1-26H. The first-order valence-electron chi connectivity index (χ1n) is 16.4. The van der Waals surface area contributed by atoms with Crippen LogP contribution in [0.25, 0.3) is 107 Å². The van der Waals surface area contributed by atoms with Crippen molar-refractivity contribution in [2.24, 2.45) is 0 Å². The van der Waals surface area contributed by atoms with Gasteiger partial charge in [-0.25, -0.2) is 0 Å². The summed E-state index contributed by atoms with van der Waals surface area (Å²) < 4.78 is 9.33. The number of fused-ring (bicyclic) bond motifs is 12. The van der Waals surface area contributed by atoms with Gasteiger partial charge in [0, 0.05) is 26.2 Å². The molecule has 0 spiro atoms. The first-order chi connectivity index (χ1) is 23.8. The van der Waals surface area contributed by atoms with Crippen molar-refractivity contribution >= 4 is 96.5 Å². The maximum Gasteiger partial charge on any atom is 0.153 e. The molecule has 0 aliphatic carbocycles. The maximum atomic E-state index is 6.85. The molecule has 1 nitrogen and oxygen atoms in total. The van der Waals surface area contributed by atoms with Crippen LogP contribution in [0.4, 0.5) is 0 Å². The smallest absolute Gasteiger partial charge is 0.153 e. The Bertz CT molecular complexity index is 3060. The van der Waals surface area contributed by atoms with E-state index in [0.717, 1.165) is 16.6 Å². The number of hydrogen-bond acceptors (Lipinski definition) is 2. The SMILES string of the molecule is c1ccc2c(-c3c4ccccc4c(-c4cc5c(sc6ccc7ccccc7c65)c5oc6ccccc6c45)c4ccccc34)cccc2c1. The predicted octanol–water partition coefficient (Wildman–Crippen LogP) is 13.9. The molecule has 48 heavy (non-hydrogen) atoms. The van der Waals surface area contributed by atoms with Crippen molar-refractivity contribution in [1.82, 2.24) is 0 Å². The van der Waals surface area contributed by atoms with Gasteiger partial charge in [-0.15, -0.1) is 11.3 Å². The van der Waals surface area contributed by atoms with Crippen LogP contribution in [-0.2, 0) is 0 Å². The summed E-state index contributed by atoms with van der Waals surface area (Å²) in [6, 6.07) is 57.7. The van der Waals surface area contributed by atoms with Gasteiger partial charge in [-0.3, -0.25) is 0 Å². The van der Waals surface area contributed by atoms with Crippen LogP contribution < -0.4 is 0 Å². The first kappa shape index (κ1) is 26.1. The first-order valence-corrected chi connectivity index (χ1v) is 17.3. The zero-order valence-electron chi connectivity index (χ0n) is 25.8. The topological polar surface area (TPSA) is 13.1 Å². The average Bonchev–Trinajstić information content (AvgIpc) is 3.73. The summed E-state index contributed by atoms with van der Waals surface area (Å²) in [5.74, 6) is 0. The minimum Gasteiger partial charge on any atom is -0.455 e. The Balaban J connectivity index is 1.38. The lowest BCUT2D eigenvalue weighted by molar-refractivity contribution is 0.673. The summed E-state index contributed by atoms with van der Waals surface area (Å²) in [6.07, 6.45) is 0. The molecule has 0 aliphatic heterocycles. The van der Waals surface area contributed by atoms with E-state index in [-0.39, 0.29) is 0 Å². The normalized spacial score (nSPS) is 12.2. The molecule has 0 aliphatic rings. The molecular weight excluding hydrogens is 601 g/mol. The summed E-state index contributed by atoms with van der Waals surface area (Å²) in [7, 11) is 0. The van der Waals surface area contributed by atoms with Gasteiger partial charge in [0.05, 0.1) is 4.70 Å². The highest BCUT2D eigenvalue weighted by molar-refractivity contribution is 7.26. The van der Waals surface area contributed by atoms with Crippen LogP contribution in [0.15, 0.2) is 162 Å². The largest absolute Gasteiger partial charge is 0.455 e. The van der Waals surface area contributed by atoms with Crippen LogP contribution in [0.1, 0.15) is 0 Å². The molecule has 0 saturated heterocycles. The fraction of sp³-hybridized carbons (Fsp3) is 0. The van der Waals surface area contributed by atoms with Gasteiger partial charge in [0.1, 0.15) is 5.58 Å². The lowest BCUT2D eigenvalue weighted by Crippen LogP contribution is -1.92. The molecule has 0 saturated carbocycles. The summed E-state index contributed by atoms with van der Waals surface area (Å²) in [4.78, 5) is 0. The third kappa shape index (κ3) is 3.50. The van der Waals surface area contributed by atoms with Crippen LogP contribution in [0.2, 0.25) is 0 Å². The van der Waals surface area contributed by atoms with E-state index in [2.05, 4.69) is 158 Å². The zero-order valence-corrected chi connectivity index (χ0v) is 26.6. The molecule has 11 aromatic rings. The van der Waals surface area contributed by atoms with E-state index >= 15 is 0 Å². The molecule has 222 valence electrons. The lowest BCUT2D eigenvalue weighted by Gasteiger charge is -2.19. The second-order valence-electron chi connectivity index (χ2n) is 12.7. The molecule has 0 N–H and O–H groups in total. The number of thiophene rings is 1. The Kier molecular flexibility index (Phi) is 5.32. The number of furan rings is 1. The van der Waals surface area contributed by atoms with E-state index in [1.54, 1.807) is 0 Å². The van der Waals surface area contributed by atoms with Gasteiger partial charge in [0.25, 0.3) is 0 Å². The van der Waals surface area contributed by atoms with E-state index < -0.39 is 0 Å². The van der Waals surface area contributed by atoms with Crippen molar-refractivity contribution < 1.29 is 4.42 Å². The van der Waals surface area contributed by atoms with E-state index in [1.807, 2.05) is 11.3 Å². The molecule has 0 unspecified atom stereocenters. The molecule has 11 rings (SSSR count). The van der Waals surface area contributed by atoms with Crippen LogP contribution in [0.5, 0.6) is 0 Å². The third-order valence-electron chi connectivity index (χ3n) is 10.2. The summed E-state index contributed by atoms with van der Waals surface area (Å²) >= 11 is 1.84. The van der Waals surface area contributed by atoms with E-state index in [9.17, 15) is 0 Å². The van der Waals surface area contributed by atoms with Crippen molar-refractivity contribution in [3.63, 3.8) is 0 Å². The van der Waals surface area contributed by atoms with Gasteiger partial charge < -0.3 is 4.42 Å². The molecule has 2 aromatic heterocycles. The molecule has 0 bridgehead atoms. The van der Waals surface area contributed by atoms with E-state index in [0.29, 0.717) is 0 Å². The summed E-state index contributed by atoms with van der Waals surface area (Å²) in [5, 5.41) is 14.9. The van der Waals surface area contributed by atoms with Crippen LogP contribution in [0, 0.1) is 0 Å². The van der Waals surface area contributed by atoms with Gasteiger partial charge in [0.2, 0.25) is 0 Å². The van der Waals surface area contributed by atoms with Crippen LogP contribution in [-0.4, -0.2) is 0 Å². The Morgan fingerprint density at radius 1 is 0.375 bits per heavy atom. The highest BCUT2D eigenvalue weighted by Gasteiger charge is 2.24. The van der Waals surface area contributed by atoms with Gasteiger partial charge in [-0.1, -0.05) is 140 Å². The Labute approximate surface area is 279 Å². The zero-order chi connectivity index (χ0) is 31.3. The van der Waals surface area contributed by atoms with Crippen LogP contribution >= 0.6 is 11.3 Å².